The number of carbonyl (C=O) groups excluding carboxylic acids is 2. The molecule has 0 spiro atoms. The maximum absolute atomic E-state index is 13.7. The molecule has 172 valence electrons. The third-order valence-corrected chi connectivity index (χ3v) is 5.47. The molecule has 0 radical (unpaired) electrons. The van der Waals surface area contributed by atoms with Crippen molar-refractivity contribution in [2.75, 3.05) is 5.32 Å². The van der Waals surface area contributed by atoms with Crippen molar-refractivity contribution in [3.8, 4) is 11.4 Å². The van der Waals surface area contributed by atoms with Crippen molar-refractivity contribution in [2.45, 2.75) is 32.9 Å². The number of alkyl halides is 3. The van der Waals surface area contributed by atoms with Crippen LogP contribution in [0, 0.1) is 5.41 Å². The number of fused-ring (bicyclic) bond motifs is 1. The van der Waals surface area contributed by atoms with Crippen molar-refractivity contribution in [3.05, 3.63) is 65.0 Å². The Morgan fingerprint density at radius 1 is 1.15 bits per heavy atom. The van der Waals surface area contributed by atoms with E-state index in [2.05, 4.69) is 10.4 Å². The van der Waals surface area contributed by atoms with Crippen LogP contribution in [0.25, 0.3) is 5.69 Å². The number of hydrogen-bond acceptors (Lipinski definition) is 5. The van der Waals surface area contributed by atoms with E-state index in [9.17, 15) is 27.9 Å². The standard InChI is InChI=1S/C23H21F3N4O3/c1-22(2)10-17-19(18(32)11-22)20(23(24,25)26)29-30(17)13-5-8-15(21(27)33)16(9-13)28-12-3-6-14(31)7-4-12/h3-9,28,31H,10-11H2,1-2H3,(H2,27,33). The number of nitrogens with zero attached hydrogens (tertiary/aromatic N) is 2. The van der Waals surface area contributed by atoms with Gasteiger partial charge in [-0.05, 0) is 54.3 Å². The minimum Gasteiger partial charge on any atom is -0.508 e. The lowest BCUT2D eigenvalue weighted by Gasteiger charge is -2.29. The minimum absolute atomic E-state index is 0.0109. The lowest BCUT2D eigenvalue weighted by molar-refractivity contribution is -0.141. The first-order chi connectivity index (χ1) is 15.4. The third-order valence-electron chi connectivity index (χ3n) is 5.47. The van der Waals surface area contributed by atoms with Crippen LogP contribution in [0.5, 0.6) is 5.75 Å². The molecule has 0 fully saturated rings. The van der Waals surface area contributed by atoms with Crippen LogP contribution in [0.1, 0.15) is 52.4 Å². The average Bonchev–Trinajstić information content (AvgIpc) is 3.08. The van der Waals surface area contributed by atoms with Gasteiger partial charge in [0.05, 0.1) is 28.2 Å². The van der Waals surface area contributed by atoms with Crippen molar-refractivity contribution in [1.82, 2.24) is 9.78 Å². The zero-order valence-electron chi connectivity index (χ0n) is 17.8. The normalized spacial score (nSPS) is 15.2. The number of primary amides is 1. The number of anilines is 2. The number of phenolic OH excluding ortho intramolecular Hbond substituents is 1. The van der Waals surface area contributed by atoms with E-state index in [-0.39, 0.29) is 41.2 Å². The second-order valence-electron chi connectivity index (χ2n) is 8.79. The van der Waals surface area contributed by atoms with Crippen LogP contribution >= 0.6 is 0 Å². The van der Waals surface area contributed by atoms with Gasteiger partial charge in [0.15, 0.2) is 11.5 Å². The van der Waals surface area contributed by atoms with E-state index in [1.165, 1.54) is 30.3 Å². The molecule has 0 atom stereocenters. The summed E-state index contributed by atoms with van der Waals surface area (Å²) in [6, 6.07) is 10.3. The molecule has 1 aliphatic carbocycles. The highest BCUT2D eigenvalue weighted by Gasteiger charge is 2.45. The number of aromatic nitrogens is 2. The molecule has 0 saturated carbocycles. The number of hydrogen-bond donors (Lipinski definition) is 3. The monoisotopic (exact) mass is 458 g/mol. The number of aromatic hydroxyl groups is 1. The van der Waals surface area contributed by atoms with Crippen LogP contribution in [0.3, 0.4) is 0 Å². The molecule has 0 saturated heterocycles. The Bertz CT molecular complexity index is 1260. The molecule has 1 aliphatic rings. The molecule has 0 unspecified atom stereocenters. The van der Waals surface area contributed by atoms with E-state index < -0.39 is 34.5 Å². The van der Waals surface area contributed by atoms with Gasteiger partial charge in [-0.25, -0.2) is 4.68 Å². The quantitative estimate of drug-likeness (QED) is 0.495. The van der Waals surface area contributed by atoms with Gasteiger partial charge in [-0.1, -0.05) is 13.8 Å². The van der Waals surface area contributed by atoms with Gasteiger partial charge in [0.25, 0.3) is 5.91 Å². The van der Waals surface area contributed by atoms with Crippen LogP contribution in [-0.4, -0.2) is 26.6 Å². The summed E-state index contributed by atoms with van der Waals surface area (Å²) in [7, 11) is 0. The fraction of sp³-hybridized carbons (Fsp3) is 0.261. The molecule has 1 heterocycles. The fourth-order valence-electron chi connectivity index (χ4n) is 4.04. The molecule has 33 heavy (non-hydrogen) atoms. The van der Waals surface area contributed by atoms with Crippen molar-refractivity contribution >= 4 is 23.1 Å². The lowest BCUT2D eigenvalue weighted by atomic mass is 9.75. The maximum atomic E-state index is 13.7. The summed E-state index contributed by atoms with van der Waals surface area (Å²) in [4.78, 5) is 24.6. The van der Waals surface area contributed by atoms with Gasteiger partial charge < -0.3 is 16.2 Å². The molecule has 1 amide bonds. The number of rotatable bonds is 4. The van der Waals surface area contributed by atoms with E-state index >= 15 is 0 Å². The SMILES string of the molecule is CC1(C)CC(=O)c2c(C(F)(F)F)nn(-c3ccc(C(N)=O)c(Nc4ccc(O)cc4)c3)c2C1. The highest BCUT2D eigenvalue weighted by molar-refractivity contribution is 6.01. The van der Waals surface area contributed by atoms with Gasteiger partial charge in [-0.2, -0.15) is 18.3 Å². The Kier molecular flexibility index (Phi) is 5.18. The maximum Gasteiger partial charge on any atom is 0.435 e. The van der Waals surface area contributed by atoms with E-state index in [0.29, 0.717) is 5.69 Å². The van der Waals surface area contributed by atoms with Gasteiger partial charge >= 0.3 is 6.18 Å². The summed E-state index contributed by atoms with van der Waals surface area (Å²) in [5.41, 5.74) is 4.58. The molecular weight excluding hydrogens is 437 g/mol. The summed E-state index contributed by atoms with van der Waals surface area (Å²) in [5, 5.41) is 16.2. The fourth-order valence-corrected chi connectivity index (χ4v) is 4.04. The second kappa shape index (κ2) is 7.65. The predicted molar refractivity (Wildman–Crippen MR) is 115 cm³/mol. The number of carbonyl (C=O) groups is 2. The van der Waals surface area contributed by atoms with Crippen molar-refractivity contribution in [3.63, 3.8) is 0 Å². The molecule has 10 heteroatoms. The van der Waals surface area contributed by atoms with Gasteiger partial charge in [0, 0.05) is 12.1 Å². The number of nitrogens with one attached hydrogen (secondary N) is 1. The molecule has 1 aromatic heterocycles. The summed E-state index contributed by atoms with van der Waals surface area (Å²) < 4.78 is 42.3. The Balaban J connectivity index is 1.88. The van der Waals surface area contributed by atoms with Crippen molar-refractivity contribution < 1.29 is 27.9 Å². The number of amides is 1. The summed E-state index contributed by atoms with van der Waals surface area (Å²) >= 11 is 0. The Labute approximate surface area is 187 Å². The minimum atomic E-state index is -4.80. The molecule has 4 rings (SSSR count). The largest absolute Gasteiger partial charge is 0.508 e. The Hall–Kier alpha value is -3.82. The zero-order chi connectivity index (χ0) is 24.1. The van der Waals surface area contributed by atoms with E-state index in [4.69, 9.17) is 5.73 Å². The molecule has 3 aromatic rings. The van der Waals surface area contributed by atoms with Gasteiger partial charge in [0.1, 0.15) is 5.75 Å². The summed E-state index contributed by atoms with van der Waals surface area (Å²) in [6.07, 6.45) is -4.59. The zero-order valence-corrected chi connectivity index (χ0v) is 17.8. The van der Waals surface area contributed by atoms with E-state index in [1.807, 2.05) is 13.8 Å². The van der Waals surface area contributed by atoms with Gasteiger partial charge in [-0.3, -0.25) is 9.59 Å². The number of ketones is 1. The predicted octanol–water partition coefficient (Wildman–Crippen LogP) is 4.59. The number of benzene rings is 2. The van der Waals surface area contributed by atoms with Crippen LogP contribution in [0.2, 0.25) is 0 Å². The summed E-state index contributed by atoms with van der Waals surface area (Å²) in [5.74, 6) is -1.30. The topological polar surface area (TPSA) is 110 Å². The molecule has 4 N–H and O–H groups in total. The average molecular weight is 458 g/mol. The Morgan fingerprint density at radius 3 is 2.42 bits per heavy atom. The number of nitrogens with two attached hydrogens (primary N) is 1. The van der Waals surface area contributed by atoms with Gasteiger partial charge in [-0.15, -0.1) is 0 Å². The van der Waals surface area contributed by atoms with E-state index in [0.717, 1.165) is 4.68 Å². The molecule has 7 nitrogen and oxygen atoms in total. The smallest absolute Gasteiger partial charge is 0.435 e. The number of Topliss-reactive ketones (excluding diaryl/α,β-unsaturated/α-hetero) is 1. The van der Waals surface area contributed by atoms with Crippen LogP contribution < -0.4 is 11.1 Å². The number of halogens is 3. The third kappa shape index (κ3) is 4.28. The number of phenols is 1. The highest BCUT2D eigenvalue weighted by atomic mass is 19.4. The van der Waals surface area contributed by atoms with Gasteiger partial charge in [0.2, 0.25) is 0 Å². The highest BCUT2D eigenvalue weighted by Crippen LogP contribution is 2.42. The second-order valence-corrected chi connectivity index (χ2v) is 8.79. The molecule has 2 aromatic carbocycles. The van der Waals surface area contributed by atoms with Crippen LogP contribution in [0.4, 0.5) is 24.5 Å². The molecule has 0 bridgehead atoms. The Morgan fingerprint density at radius 2 is 1.82 bits per heavy atom. The molecular formula is C23H21F3N4O3. The van der Waals surface area contributed by atoms with Crippen LogP contribution in [-0.2, 0) is 12.6 Å². The lowest BCUT2D eigenvalue weighted by Crippen LogP contribution is -2.29. The molecule has 0 aliphatic heterocycles. The van der Waals surface area contributed by atoms with E-state index in [1.54, 1.807) is 12.1 Å². The van der Waals surface area contributed by atoms with Crippen molar-refractivity contribution in [1.29, 1.82) is 0 Å². The van der Waals surface area contributed by atoms with Crippen molar-refractivity contribution in [2.24, 2.45) is 11.1 Å². The first-order valence-electron chi connectivity index (χ1n) is 10.1. The van der Waals surface area contributed by atoms with Crippen LogP contribution in [0.15, 0.2) is 42.5 Å². The first-order valence-corrected chi connectivity index (χ1v) is 10.1. The first kappa shape index (κ1) is 22.4. The summed E-state index contributed by atoms with van der Waals surface area (Å²) in [6.45, 7) is 3.62.